The van der Waals surface area contributed by atoms with E-state index in [4.69, 9.17) is 9.84 Å². The van der Waals surface area contributed by atoms with Gasteiger partial charge in [-0.15, -0.1) is 0 Å². The minimum Gasteiger partial charge on any atom is -0.478 e. The Bertz CT molecular complexity index is 757. The predicted molar refractivity (Wildman–Crippen MR) is 83.5 cm³/mol. The van der Waals surface area contributed by atoms with Gasteiger partial charge in [-0.1, -0.05) is 12.1 Å². The highest BCUT2D eigenvalue weighted by Gasteiger charge is 2.07. The largest absolute Gasteiger partial charge is 0.478 e. The third-order valence-corrected chi connectivity index (χ3v) is 3.13. The molecule has 2 N–H and O–H groups in total. The Morgan fingerprint density at radius 1 is 1.12 bits per heavy atom. The number of alkyl carbamates (subject to hydrolysis) is 1. The molecule has 2 aromatic carbocycles. The Morgan fingerprint density at radius 2 is 1.83 bits per heavy atom. The first kappa shape index (κ1) is 16.9. The number of carbonyl (C=O) groups is 2. The minimum absolute atomic E-state index is 0.0288. The number of aromatic carboxylic acids is 1. The van der Waals surface area contributed by atoms with E-state index in [1.807, 2.05) is 0 Å². The lowest BCUT2D eigenvalue weighted by Gasteiger charge is -2.07. The second kappa shape index (κ2) is 7.73. The number of hydrogen-bond donors (Lipinski definition) is 2. The molecule has 0 fully saturated rings. The molecule has 0 radical (unpaired) electrons. The highest BCUT2D eigenvalue weighted by molar-refractivity contribution is 5.87. The standard InChI is InChI=1S/C16H14N2O6/c19-15(20)13-3-1-2-12(8-13)9-17-16(21)24-10-11-4-6-14(7-5-11)18(22)23/h1-8H,9-10H2,(H,17,21)(H,19,20). The van der Waals surface area contributed by atoms with Crippen LogP contribution in [0.15, 0.2) is 48.5 Å². The third-order valence-electron chi connectivity index (χ3n) is 3.13. The van der Waals surface area contributed by atoms with Crippen LogP contribution < -0.4 is 5.32 Å². The first-order valence-corrected chi connectivity index (χ1v) is 6.92. The average Bonchev–Trinajstić information content (AvgIpc) is 2.58. The molecule has 0 aliphatic carbocycles. The first-order chi connectivity index (χ1) is 11.5. The van der Waals surface area contributed by atoms with Crippen molar-refractivity contribution in [3.05, 3.63) is 75.3 Å². The molecule has 0 aliphatic heterocycles. The van der Waals surface area contributed by atoms with Crippen LogP contribution >= 0.6 is 0 Å². The Labute approximate surface area is 136 Å². The fourth-order valence-corrected chi connectivity index (χ4v) is 1.90. The summed E-state index contributed by atoms with van der Waals surface area (Å²) in [7, 11) is 0. The Kier molecular flexibility index (Phi) is 5.45. The smallest absolute Gasteiger partial charge is 0.407 e. The van der Waals surface area contributed by atoms with Gasteiger partial charge in [-0.3, -0.25) is 10.1 Å². The molecule has 0 spiro atoms. The van der Waals surface area contributed by atoms with Crippen LogP contribution in [0, 0.1) is 10.1 Å². The van der Waals surface area contributed by atoms with Crippen molar-refractivity contribution in [3.8, 4) is 0 Å². The van der Waals surface area contributed by atoms with Gasteiger partial charge in [-0.2, -0.15) is 0 Å². The molecule has 1 amide bonds. The van der Waals surface area contributed by atoms with Crippen molar-refractivity contribution in [3.63, 3.8) is 0 Å². The lowest BCUT2D eigenvalue weighted by molar-refractivity contribution is -0.384. The van der Waals surface area contributed by atoms with E-state index in [2.05, 4.69) is 5.32 Å². The topological polar surface area (TPSA) is 119 Å². The number of benzene rings is 2. The van der Waals surface area contributed by atoms with E-state index in [9.17, 15) is 19.7 Å². The normalized spacial score (nSPS) is 10.0. The van der Waals surface area contributed by atoms with Crippen LogP contribution in [-0.4, -0.2) is 22.1 Å². The molecule has 0 saturated carbocycles. The monoisotopic (exact) mass is 330 g/mol. The average molecular weight is 330 g/mol. The van der Waals surface area contributed by atoms with E-state index < -0.39 is 17.0 Å². The van der Waals surface area contributed by atoms with Crippen molar-refractivity contribution in [2.24, 2.45) is 0 Å². The SMILES string of the molecule is O=C(NCc1cccc(C(=O)O)c1)OCc1ccc([N+](=O)[O-])cc1. The van der Waals surface area contributed by atoms with E-state index in [-0.39, 0.29) is 24.4 Å². The number of nitrogens with one attached hydrogen (secondary N) is 1. The van der Waals surface area contributed by atoms with Gasteiger partial charge in [-0.25, -0.2) is 9.59 Å². The maximum absolute atomic E-state index is 11.6. The second-order valence-corrected chi connectivity index (χ2v) is 4.86. The van der Waals surface area contributed by atoms with Crippen LogP contribution in [0.4, 0.5) is 10.5 Å². The maximum atomic E-state index is 11.6. The third kappa shape index (κ3) is 4.80. The fraction of sp³-hybridized carbons (Fsp3) is 0.125. The van der Waals surface area contributed by atoms with Crippen LogP contribution in [0.1, 0.15) is 21.5 Å². The molecule has 0 saturated heterocycles. The molecule has 2 rings (SSSR count). The second-order valence-electron chi connectivity index (χ2n) is 4.86. The first-order valence-electron chi connectivity index (χ1n) is 6.92. The summed E-state index contributed by atoms with van der Waals surface area (Å²) in [5.74, 6) is -1.04. The highest BCUT2D eigenvalue weighted by Crippen LogP contribution is 2.12. The molecule has 124 valence electrons. The number of amides is 1. The van der Waals surface area contributed by atoms with Crippen molar-refractivity contribution < 1.29 is 24.4 Å². The van der Waals surface area contributed by atoms with Crippen molar-refractivity contribution in [1.82, 2.24) is 5.32 Å². The number of nitro benzene ring substituents is 1. The van der Waals surface area contributed by atoms with Crippen LogP contribution in [0.2, 0.25) is 0 Å². The number of carboxylic acids is 1. The van der Waals surface area contributed by atoms with Crippen LogP contribution in [0.5, 0.6) is 0 Å². The molecule has 8 heteroatoms. The quantitative estimate of drug-likeness (QED) is 0.621. The number of non-ortho nitro benzene ring substituents is 1. The molecule has 24 heavy (non-hydrogen) atoms. The summed E-state index contributed by atoms with van der Waals surface area (Å²) in [5.41, 5.74) is 1.33. The minimum atomic E-state index is -1.04. The van der Waals surface area contributed by atoms with E-state index in [1.54, 1.807) is 12.1 Å². The summed E-state index contributed by atoms with van der Waals surface area (Å²) in [5, 5.41) is 21.9. The number of carbonyl (C=O) groups excluding carboxylic acids is 1. The predicted octanol–water partition coefficient (Wildman–Crippen LogP) is 2.72. The van der Waals surface area contributed by atoms with Gasteiger partial charge in [0.05, 0.1) is 10.5 Å². The summed E-state index contributed by atoms with van der Waals surface area (Å²) < 4.78 is 4.99. The highest BCUT2D eigenvalue weighted by atomic mass is 16.6. The molecule has 8 nitrogen and oxygen atoms in total. The van der Waals surface area contributed by atoms with Gasteiger partial charge in [0.25, 0.3) is 5.69 Å². The molecule has 0 unspecified atom stereocenters. The molecular formula is C16H14N2O6. The van der Waals surface area contributed by atoms with Crippen molar-refractivity contribution in [2.75, 3.05) is 0 Å². The van der Waals surface area contributed by atoms with E-state index in [0.717, 1.165) is 0 Å². The van der Waals surface area contributed by atoms with Gasteiger partial charge < -0.3 is 15.2 Å². The van der Waals surface area contributed by atoms with Gasteiger partial charge in [0.15, 0.2) is 0 Å². The van der Waals surface area contributed by atoms with Gasteiger partial charge in [0.2, 0.25) is 0 Å². The Balaban J connectivity index is 1.82. The van der Waals surface area contributed by atoms with Crippen LogP contribution in [0.3, 0.4) is 0 Å². The van der Waals surface area contributed by atoms with Crippen LogP contribution in [0.25, 0.3) is 0 Å². The molecule has 0 aliphatic rings. The van der Waals surface area contributed by atoms with E-state index in [1.165, 1.54) is 36.4 Å². The molecule has 0 aromatic heterocycles. The lowest BCUT2D eigenvalue weighted by Crippen LogP contribution is -2.23. The van der Waals surface area contributed by atoms with Gasteiger partial charge in [0.1, 0.15) is 6.61 Å². The zero-order valence-electron chi connectivity index (χ0n) is 12.5. The number of carboxylic acid groups (broad SMARTS) is 1. The molecule has 2 aromatic rings. The summed E-state index contributed by atoms with van der Waals surface area (Å²) in [4.78, 5) is 32.5. The van der Waals surface area contributed by atoms with Crippen LogP contribution in [-0.2, 0) is 17.9 Å². The zero-order chi connectivity index (χ0) is 17.5. The summed E-state index contributed by atoms with van der Waals surface area (Å²) >= 11 is 0. The summed E-state index contributed by atoms with van der Waals surface area (Å²) in [6.45, 7) is 0.0964. The van der Waals surface area contributed by atoms with E-state index in [0.29, 0.717) is 11.1 Å². The molecular weight excluding hydrogens is 316 g/mol. The summed E-state index contributed by atoms with van der Waals surface area (Å²) in [6.07, 6.45) is -0.672. The lowest BCUT2D eigenvalue weighted by atomic mass is 10.1. The van der Waals surface area contributed by atoms with Gasteiger partial charge in [-0.05, 0) is 35.4 Å². The van der Waals surface area contributed by atoms with Gasteiger partial charge in [0, 0.05) is 18.7 Å². The van der Waals surface area contributed by atoms with Gasteiger partial charge >= 0.3 is 12.1 Å². The Hall–Kier alpha value is -3.42. The zero-order valence-corrected chi connectivity index (χ0v) is 12.5. The molecule has 0 atom stereocenters. The van der Waals surface area contributed by atoms with Crippen molar-refractivity contribution in [2.45, 2.75) is 13.2 Å². The fourth-order valence-electron chi connectivity index (χ4n) is 1.90. The number of nitrogens with zero attached hydrogens (tertiary/aromatic N) is 1. The molecule has 0 heterocycles. The number of nitro groups is 1. The van der Waals surface area contributed by atoms with E-state index >= 15 is 0 Å². The summed E-state index contributed by atoms with van der Waals surface area (Å²) in [6, 6.07) is 11.8. The van der Waals surface area contributed by atoms with Crippen molar-refractivity contribution in [1.29, 1.82) is 0 Å². The maximum Gasteiger partial charge on any atom is 0.407 e. The Morgan fingerprint density at radius 3 is 2.46 bits per heavy atom. The number of rotatable bonds is 6. The van der Waals surface area contributed by atoms with Crippen molar-refractivity contribution >= 4 is 17.7 Å². The number of hydrogen-bond acceptors (Lipinski definition) is 5. The molecule has 0 bridgehead atoms. The number of ether oxygens (including phenoxy) is 1.